The minimum atomic E-state index is -0.134. The Morgan fingerprint density at radius 1 is 1.22 bits per heavy atom. The number of rotatable bonds is 3. The van der Waals surface area contributed by atoms with Crippen molar-refractivity contribution in [2.75, 3.05) is 7.05 Å². The average molecular weight is 311 g/mol. The second-order valence-electron chi connectivity index (χ2n) is 6.63. The highest BCUT2D eigenvalue weighted by Crippen LogP contribution is 2.34. The smallest absolute Gasteiger partial charge is 0.273 e. The van der Waals surface area contributed by atoms with Crippen LogP contribution in [0.1, 0.15) is 36.2 Å². The summed E-state index contributed by atoms with van der Waals surface area (Å²) < 4.78 is 5.31. The largest absolute Gasteiger partial charge is 0.355 e. The fourth-order valence-corrected chi connectivity index (χ4v) is 3.91. The summed E-state index contributed by atoms with van der Waals surface area (Å²) >= 11 is 0. The fraction of sp³-hybridized carbons (Fsp3) is 0.444. The standard InChI is InChI=1S/C18H21N3O2/c1-21-14-7-8-15(21)10-13(9-14)19-18(22)16-11-17(23-20-16)12-5-3-2-4-6-12/h2-6,11,13-15H,7-10H2,1H3,(H,19,22)/t13?,14-,15+. The Kier molecular flexibility index (Phi) is 3.65. The summed E-state index contributed by atoms with van der Waals surface area (Å²) in [6, 6.07) is 12.9. The predicted molar refractivity (Wildman–Crippen MR) is 87.0 cm³/mol. The van der Waals surface area contributed by atoms with Crippen molar-refractivity contribution in [2.45, 2.75) is 43.8 Å². The maximum Gasteiger partial charge on any atom is 0.273 e. The molecule has 2 fully saturated rings. The zero-order chi connectivity index (χ0) is 15.8. The third-order valence-electron chi connectivity index (χ3n) is 5.23. The normalized spacial score (nSPS) is 27.1. The van der Waals surface area contributed by atoms with Crippen LogP contribution in [-0.4, -0.2) is 41.1 Å². The third-order valence-corrected chi connectivity index (χ3v) is 5.23. The van der Waals surface area contributed by atoms with E-state index in [0.717, 1.165) is 18.4 Å². The van der Waals surface area contributed by atoms with Gasteiger partial charge in [-0.2, -0.15) is 0 Å². The van der Waals surface area contributed by atoms with E-state index >= 15 is 0 Å². The van der Waals surface area contributed by atoms with E-state index in [0.29, 0.717) is 23.5 Å². The van der Waals surface area contributed by atoms with Gasteiger partial charge in [0.25, 0.3) is 5.91 Å². The van der Waals surface area contributed by atoms with Crippen LogP contribution in [0, 0.1) is 0 Å². The zero-order valence-corrected chi connectivity index (χ0v) is 13.2. The molecule has 3 heterocycles. The molecule has 1 amide bonds. The van der Waals surface area contributed by atoms with Gasteiger partial charge in [0.2, 0.25) is 0 Å². The monoisotopic (exact) mass is 311 g/mol. The highest BCUT2D eigenvalue weighted by atomic mass is 16.5. The van der Waals surface area contributed by atoms with Gasteiger partial charge in [-0.25, -0.2) is 0 Å². The van der Waals surface area contributed by atoms with Crippen LogP contribution in [-0.2, 0) is 0 Å². The number of fused-ring (bicyclic) bond motifs is 2. The van der Waals surface area contributed by atoms with Crippen molar-refractivity contribution < 1.29 is 9.32 Å². The molecule has 5 heteroatoms. The lowest BCUT2D eigenvalue weighted by Gasteiger charge is -2.36. The van der Waals surface area contributed by atoms with Crippen LogP contribution in [0.25, 0.3) is 11.3 Å². The molecule has 4 rings (SSSR count). The lowest BCUT2D eigenvalue weighted by molar-refractivity contribution is 0.0874. The quantitative estimate of drug-likeness (QED) is 0.947. The zero-order valence-electron chi connectivity index (χ0n) is 13.2. The van der Waals surface area contributed by atoms with E-state index in [4.69, 9.17) is 4.52 Å². The van der Waals surface area contributed by atoms with E-state index in [1.54, 1.807) is 6.07 Å². The van der Waals surface area contributed by atoms with Crippen molar-refractivity contribution in [1.29, 1.82) is 0 Å². The topological polar surface area (TPSA) is 58.4 Å². The van der Waals surface area contributed by atoms with Gasteiger partial charge in [0.15, 0.2) is 11.5 Å². The maximum atomic E-state index is 12.4. The molecule has 2 aliphatic heterocycles. The Morgan fingerprint density at radius 2 is 1.91 bits per heavy atom. The maximum absolute atomic E-state index is 12.4. The molecule has 0 saturated carbocycles. The molecule has 23 heavy (non-hydrogen) atoms. The summed E-state index contributed by atoms with van der Waals surface area (Å²) in [5.41, 5.74) is 1.28. The number of carbonyl (C=O) groups excluding carboxylic acids is 1. The summed E-state index contributed by atoms with van der Waals surface area (Å²) in [4.78, 5) is 14.9. The highest BCUT2D eigenvalue weighted by Gasteiger charge is 2.39. The molecule has 2 bridgehead atoms. The summed E-state index contributed by atoms with van der Waals surface area (Å²) in [6.45, 7) is 0. The van der Waals surface area contributed by atoms with Gasteiger partial charge in [0, 0.05) is 29.8 Å². The number of amides is 1. The van der Waals surface area contributed by atoms with E-state index in [-0.39, 0.29) is 11.9 Å². The van der Waals surface area contributed by atoms with Gasteiger partial charge in [-0.05, 0) is 32.7 Å². The molecule has 0 spiro atoms. The van der Waals surface area contributed by atoms with Crippen LogP contribution < -0.4 is 5.32 Å². The third kappa shape index (κ3) is 2.77. The van der Waals surface area contributed by atoms with Crippen LogP contribution >= 0.6 is 0 Å². The number of piperidine rings is 1. The van der Waals surface area contributed by atoms with Crippen molar-refractivity contribution in [3.63, 3.8) is 0 Å². The number of carbonyl (C=O) groups is 1. The number of benzene rings is 1. The number of aromatic nitrogens is 1. The van der Waals surface area contributed by atoms with Gasteiger partial charge in [-0.3, -0.25) is 4.79 Å². The molecular weight excluding hydrogens is 290 g/mol. The lowest BCUT2D eigenvalue weighted by atomic mass is 9.98. The van der Waals surface area contributed by atoms with E-state index in [1.165, 1.54) is 12.8 Å². The van der Waals surface area contributed by atoms with Crippen molar-refractivity contribution in [1.82, 2.24) is 15.4 Å². The van der Waals surface area contributed by atoms with Crippen LogP contribution in [0.15, 0.2) is 40.9 Å². The molecule has 3 atom stereocenters. The molecule has 1 aromatic heterocycles. The lowest BCUT2D eigenvalue weighted by Crippen LogP contribution is -2.48. The van der Waals surface area contributed by atoms with Crippen LogP contribution in [0.5, 0.6) is 0 Å². The number of nitrogens with zero attached hydrogens (tertiary/aromatic N) is 2. The molecule has 0 aliphatic carbocycles. The SMILES string of the molecule is CN1[C@@H]2CC[C@H]1CC(NC(=O)c1cc(-c3ccccc3)on1)C2. The summed E-state index contributed by atoms with van der Waals surface area (Å²) in [5, 5.41) is 7.06. The van der Waals surface area contributed by atoms with Gasteiger partial charge in [0.1, 0.15) is 0 Å². The predicted octanol–water partition coefficient (Wildman–Crippen LogP) is 2.70. The minimum Gasteiger partial charge on any atom is -0.355 e. The van der Waals surface area contributed by atoms with Crippen molar-refractivity contribution in [3.05, 3.63) is 42.1 Å². The molecule has 2 saturated heterocycles. The van der Waals surface area contributed by atoms with Crippen molar-refractivity contribution in [3.8, 4) is 11.3 Å². The van der Waals surface area contributed by atoms with E-state index in [2.05, 4.69) is 22.4 Å². The van der Waals surface area contributed by atoms with Gasteiger partial charge >= 0.3 is 0 Å². The number of nitrogens with one attached hydrogen (secondary N) is 1. The Morgan fingerprint density at radius 3 is 2.61 bits per heavy atom. The Bertz CT molecular complexity index is 683. The summed E-state index contributed by atoms with van der Waals surface area (Å²) in [6.07, 6.45) is 4.55. The Balaban J connectivity index is 1.43. The molecule has 1 aromatic carbocycles. The first-order valence-corrected chi connectivity index (χ1v) is 8.25. The van der Waals surface area contributed by atoms with Crippen molar-refractivity contribution >= 4 is 5.91 Å². The molecule has 2 aliphatic rings. The second-order valence-corrected chi connectivity index (χ2v) is 6.63. The van der Waals surface area contributed by atoms with Gasteiger partial charge in [0.05, 0.1) is 0 Å². The number of hydrogen-bond acceptors (Lipinski definition) is 4. The minimum absolute atomic E-state index is 0.134. The average Bonchev–Trinajstić information content (AvgIpc) is 3.12. The molecule has 1 unspecified atom stereocenters. The molecule has 1 N–H and O–H groups in total. The summed E-state index contributed by atoms with van der Waals surface area (Å²) in [7, 11) is 2.20. The molecule has 2 aromatic rings. The van der Waals surface area contributed by atoms with Gasteiger partial charge < -0.3 is 14.7 Å². The molecule has 0 radical (unpaired) electrons. The first-order chi connectivity index (χ1) is 11.2. The Hall–Kier alpha value is -2.14. The molecule has 5 nitrogen and oxygen atoms in total. The first kappa shape index (κ1) is 14.5. The molecule has 120 valence electrons. The van der Waals surface area contributed by atoms with Gasteiger partial charge in [-0.1, -0.05) is 35.5 Å². The number of hydrogen-bond donors (Lipinski definition) is 1. The van der Waals surface area contributed by atoms with Crippen LogP contribution in [0.4, 0.5) is 0 Å². The Labute approximate surface area is 135 Å². The molecular formula is C18H21N3O2. The van der Waals surface area contributed by atoms with E-state index < -0.39 is 0 Å². The van der Waals surface area contributed by atoms with E-state index in [1.807, 2.05) is 30.3 Å². The van der Waals surface area contributed by atoms with E-state index in [9.17, 15) is 4.79 Å². The summed E-state index contributed by atoms with van der Waals surface area (Å²) in [5.74, 6) is 0.490. The fourth-order valence-electron chi connectivity index (χ4n) is 3.91. The van der Waals surface area contributed by atoms with Crippen LogP contribution in [0.2, 0.25) is 0 Å². The van der Waals surface area contributed by atoms with Crippen LogP contribution in [0.3, 0.4) is 0 Å². The second kappa shape index (κ2) is 5.81. The first-order valence-electron chi connectivity index (χ1n) is 8.25. The highest BCUT2D eigenvalue weighted by molar-refractivity contribution is 5.93. The van der Waals surface area contributed by atoms with Crippen molar-refractivity contribution in [2.24, 2.45) is 0 Å². The van der Waals surface area contributed by atoms with Gasteiger partial charge in [-0.15, -0.1) is 0 Å².